The molecule has 4 nitrogen and oxygen atoms in total. The van der Waals surface area contributed by atoms with E-state index in [2.05, 4.69) is 0 Å². The number of benzene rings is 1. The first-order valence-electron chi connectivity index (χ1n) is 8.13. The van der Waals surface area contributed by atoms with E-state index in [1.54, 1.807) is 14.2 Å². The van der Waals surface area contributed by atoms with E-state index >= 15 is 0 Å². The highest BCUT2D eigenvalue weighted by Gasteiger charge is 2.37. The van der Waals surface area contributed by atoms with Gasteiger partial charge in [-0.3, -0.25) is 9.69 Å². The van der Waals surface area contributed by atoms with Crippen LogP contribution in [0.4, 0.5) is 0 Å². The predicted octanol–water partition coefficient (Wildman–Crippen LogP) is 4.24. The van der Waals surface area contributed by atoms with Crippen molar-refractivity contribution in [2.24, 2.45) is 0 Å². The molecule has 1 aliphatic carbocycles. The quantitative estimate of drug-likeness (QED) is 0.591. The number of thiocarbonyl (C=S) groups is 1. The summed E-state index contributed by atoms with van der Waals surface area (Å²) in [4.78, 5) is 15.3. The number of nitrogens with zero attached hydrogens (tertiary/aromatic N) is 1. The van der Waals surface area contributed by atoms with Crippen LogP contribution in [-0.2, 0) is 4.79 Å². The van der Waals surface area contributed by atoms with Crippen LogP contribution in [0.15, 0.2) is 23.1 Å². The van der Waals surface area contributed by atoms with Crippen molar-refractivity contribution in [2.45, 2.75) is 38.1 Å². The fourth-order valence-corrected chi connectivity index (χ4v) is 4.63. The molecule has 24 heavy (non-hydrogen) atoms. The highest BCUT2D eigenvalue weighted by molar-refractivity contribution is 8.26. The van der Waals surface area contributed by atoms with Gasteiger partial charge in [-0.15, -0.1) is 0 Å². The van der Waals surface area contributed by atoms with Crippen molar-refractivity contribution in [3.63, 3.8) is 0 Å². The lowest BCUT2D eigenvalue weighted by atomic mass is 9.94. The van der Waals surface area contributed by atoms with E-state index in [1.807, 2.05) is 29.2 Å². The van der Waals surface area contributed by atoms with Gasteiger partial charge in [-0.25, -0.2) is 0 Å². The van der Waals surface area contributed by atoms with Gasteiger partial charge in [0.25, 0.3) is 5.91 Å². The maximum absolute atomic E-state index is 12.8. The molecule has 6 heteroatoms. The Labute approximate surface area is 152 Å². The first-order valence-corrected chi connectivity index (χ1v) is 9.35. The summed E-state index contributed by atoms with van der Waals surface area (Å²) in [6, 6.07) is 5.88. The van der Waals surface area contributed by atoms with Gasteiger partial charge < -0.3 is 9.47 Å². The average Bonchev–Trinajstić information content (AvgIpc) is 2.89. The minimum Gasteiger partial charge on any atom is -0.493 e. The third-order valence-electron chi connectivity index (χ3n) is 4.47. The molecule has 0 aromatic heterocycles. The minimum atomic E-state index is 0.0340. The molecular weight excluding hydrogens is 342 g/mol. The van der Waals surface area contributed by atoms with Crippen molar-refractivity contribution in [3.05, 3.63) is 28.7 Å². The van der Waals surface area contributed by atoms with Crippen LogP contribution in [0.2, 0.25) is 0 Å². The Morgan fingerprint density at radius 1 is 1.17 bits per heavy atom. The Morgan fingerprint density at radius 3 is 2.54 bits per heavy atom. The topological polar surface area (TPSA) is 38.8 Å². The number of ether oxygens (including phenoxy) is 2. The Balaban J connectivity index is 1.83. The monoisotopic (exact) mass is 363 g/mol. The fourth-order valence-electron chi connectivity index (χ4n) is 3.23. The molecular formula is C18H21NO3S2. The summed E-state index contributed by atoms with van der Waals surface area (Å²) in [6.45, 7) is 0. The zero-order valence-corrected chi connectivity index (χ0v) is 15.5. The molecule has 0 atom stereocenters. The fraction of sp³-hybridized carbons (Fsp3) is 0.444. The molecule has 1 saturated heterocycles. The molecule has 2 aliphatic rings. The number of rotatable bonds is 4. The maximum atomic E-state index is 12.8. The molecule has 1 saturated carbocycles. The van der Waals surface area contributed by atoms with Crippen LogP contribution in [0.3, 0.4) is 0 Å². The Morgan fingerprint density at radius 2 is 1.88 bits per heavy atom. The van der Waals surface area contributed by atoms with Gasteiger partial charge in [0, 0.05) is 6.04 Å². The molecule has 0 N–H and O–H groups in total. The summed E-state index contributed by atoms with van der Waals surface area (Å²) < 4.78 is 11.3. The average molecular weight is 364 g/mol. The van der Waals surface area contributed by atoms with Crippen LogP contribution < -0.4 is 9.47 Å². The number of methoxy groups -OCH3 is 2. The normalized spacial score (nSPS) is 20.8. The van der Waals surface area contributed by atoms with Crippen molar-refractivity contribution in [3.8, 4) is 11.5 Å². The standard InChI is InChI=1S/C18H21NO3S2/c1-21-14-9-8-12(10-15(14)22-2)11-16-17(20)19(18(23)24-16)13-6-4-3-5-7-13/h8-11,13H,3-7H2,1-2H3/b16-11-. The number of carbonyl (C=O) groups excluding carboxylic acids is 1. The highest BCUT2D eigenvalue weighted by Crippen LogP contribution is 2.38. The van der Waals surface area contributed by atoms with E-state index in [-0.39, 0.29) is 11.9 Å². The Bertz CT molecular complexity index is 681. The highest BCUT2D eigenvalue weighted by atomic mass is 32.2. The first kappa shape index (κ1) is 17.3. The third kappa shape index (κ3) is 3.44. The molecule has 0 unspecified atom stereocenters. The lowest BCUT2D eigenvalue weighted by Gasteiger charge is -2.29. The molecule has 0 bridgehead atoms. The SMILES string of the molecule is COc1ccc(/C=C2\SC(=S)N(C3CCCCC3)C2=O)cc1OC. The Hall–Kier alpha value is -1.53. The van der Waals surface area contributed by atoms with Gasteiger partial charge in [0.1, 0.15) is 4.32 Å². The number of carbonyl (C=O) groups is 1. The van der Waals surface area contributed by atoms with E-state index in [0.29, 0.717) is 20.7 Å². The summed E-state index contributed by atoms with van der Waals surface area (Å²) in [7, 11) is 3.21. The molecule has 1 aromatic rings. The van der Waals surface area contributed by atoms with Gasteiger partial charge in [-0.1, -0.05) is 49.3 Å². The summed E-state index contributed by atoms with van der Waals surface area (Å²) >= 11 is 6.85. The predicted molar refractivity (Wildman–Crippen MR) is 101 cm³/mol. The van der Waals surface area contributed by atoms with Crippen LogP contribution in [0.25, 0.3) is 6.08 Å². The van der Waals surface area contributed by atoms with Crippen LogP contribution in [0.1, 0.15) is 37.7 Å². The number of hydrogen-bond donors (Lipinski definition) is 0. The smallest absolute Gasteiger partial charge is 0.266 e. The summed E-state index contributed by atoms with van der Waals surface area (Å²) in [6.07, 6.45) is 7.59. The van der Waals surface area contributed by atoms with E-state index in [0.717, 1.165) is 18.4 Å². The molecule has 2 fully saturated rings. The molecule has 3 rings (SSSR count). The zero-order valence-electron chi connectivity index (χ0n) is 13.9. The lowest BCUT2D eigenvalue weighted by Crippen LogP contribution is -2.39. The van der Waals surface area contributed by atoms with Gasteiger partial charge in [-0.05, 0) is 36.6 Å². The summed E-state index contributed by atoms with van der Waals surface area (Å²) in [5.74, 6) is 1.35. The van der Waals surface area contributed by atoms with E-state index in [9.17, 15) is 4.79 Å². The van der Waals surface area contributed by atoms with Crippen molar-refractivity contribution in [1.29, 1.82) is 0 Å². The molecule has 128 valence electrons. The van der Waals surface area contributed by atoms with E-state index in [1.165, 1.54) is 31.0 Å². The Kier molecular flexibility index (Phi) is 5.46. The maximum Gasteiger partial charge on any atom is 0.266 e. The van der Waals surface area contributed by atoms with Crippen LogP contribution in [-0.4, -0.2) is 35.4 Å². The van der Waals surface area contributed by atoms with Crippen LogP contribution in [0.5, 0.6) is 11.5 Å². The number of hydrogen-bond acceptors (Lipinski definition) is 5. The molecule has 1 amide bonds. The van der Waals surface area contributed by atoms with Gasteiger partial charge in [-0.2, -0.15) is 0 Å². The summed E-state index contributed by atoms with van der Waals surface area (Å²) in [5, 5.41) is 0. The third-order valence-corrected chi connectivity index (χ3v) is 5.80. The zero-order chi connectivity index (χ0) is 17.1. The van der Waals surface area contributed by atoms with E-state index < -0.39 is 0 Å². The van der Waals surface area contributed by atoms with Crippen molar-refractivity contribution < 1.29 is 14.3 Å². The van der Waals surface area contributed by atoms with Gasteiger partial charge >= 0.3 is 0 Å². The minimum absolute atomic E-state index is 0.0340. The van der Waals surface area contributed by atoms with Crippen molar-refractivity contribution in [2.75, 3.05) is 14.2 Å². The largest absolute Gasteiger partial charge is 0.493 e. The second kappa shape index (κ2) is 7.57. The van der Waals surface area contributed by atoms with E-state index in [4.69, 9.17) is 21.7 Å². The lowest BCUT2D eigenvalue weighted by molar-refractivity contribution is -0.124. The molecule has 1 aromatic carbocycles. The molecule has 0 spiro atoms. The number of thioether (sulfide) groups is 1. The molecule has 1 aliphatic heterocycles. The number of amides is 1. The molecule has 1 heterocycles. The van der Waals surface area contributed by atoms with Crippen LogP contribution >= 0.6 is 24.0 Å². The van der Waals surface area contributed by atoms with Gasteiger partial charge in [0.15, 0.2) is 11.5 Å². The second-order valence-corrected chi connectivity index (χ2v) is 7.63. The first-order chi connectivity index (χ1) is 11.6. The van der Waals surface area contributed by atoms with Gasteiger partial charge in [0.2, 0.25) is 0 Å². The van der Waals surface area contributed by atoms with Crippen molar-refractivity contribution in [1.82, 2.24) is 4.90 Å². The summed E-state index contributed by atoms with van der Waals surface area (Å²) in [5.41, 5.74) is 0.900. The molecule has 0 radical (unpaired) electrons. The van der Waals surface area contributed by atoms with Crippen molar-refractivity contribution >= 4 is 40.3 Å². The van der Waals surface area contributed by atoms with Crippen LogP contribution in [0, 0.1) is 0 Å². The second-order valence-electron chi connectivity index (χ2n) is 5.96. The van der Waals surface area contributed by atoms with Gasteiger partial charge in [0.05, 0.1) is 19.1 Å².